The van der Waals surface area contributed by atoms with Crippen molar-refractivity contribution < 1.29 is 0 Å². The molecule has 0 spiro atoms. The number of nitrogens with zero attached hydrogens (tertiary/aromatic N) is 3. The number of aromatic nitrogens is 3. The fourth-order valence-electron chi connectivity index (χ4n) is 1.53. The second kappa shape index (κ2) is 3.66. The molecule has 2 heterocycles. The lowest BCUT2D eigenvalue weighted by molar-refractivity contribution is 0.799. The van der Waals surface area contributed by atoms with Crippen molar-refractivity contribution >= 4 is 11.6 Å². The molecule has 78 valence electrons. The van der Waals surface area contributed by atoms with Crippen molar-refractivity contribution in [2.45, 2.75) is 20.8 Å². The lowest BCUT2D eigenvalue weighted by Crippen LogP contribution is -2.03. The zero-order chi connectivity index (χ0) is 11.0. The molecule has 0 bridgehead atoms. The van der Waals surface area contributed by atoms with Gasteiger partial charge in [0.05, 0.1) is 16.4 Å². The Labute approximate surface area is 93.7 Å². The van der Waals surface area contributed by atoms with E-state index in [0.717, 1.165) is 22.8 Å². The Morgan fingerprint density at radius 1 is 1.27 bits per heavy atom. The Morgan fingerprint density at radius 3 is 2.53 bits per heavy atom. The van der Waals surface area contributed by atoms with E-state index in [0.29, 0.717) is 5.02 Å². The number of hydrogen-bond donors (Lipinski definition) is 0. The van der Waals surface area contributed by atoms with Gasteiger partial charge < -0.3 is 0 Å². The van der Waals surface area contributed by atoms with Crippen LogP contribution in [0.15, 0.2) is 18.3 Å². The average Bonchev–Trinajstić information content (AvgIpc) is 2.47. The maximum absolute atomic E-state index is 6.09. The van der Waals surface area contributed by atoms with Gasteiger partial charge in [-0.2, -0.15) is 5.10 Å². The Hall–Kier alpha value is -1.35. The van der Waals surface area contributed by atoms with Gasteiger partial charge in [0.25, 0.3) is 0 Å². The first-order valence-corrected chi connectivity index (χ1v) is 5.12. The largest absolute Gasteiger partial charge is 0.237 e. The van der Waals surface area contributed by atoms with Crippen LogP contribution in [0.2, 0.25) is 5.02 Å². The predicted molar refractivity (Wildman–Crippen MR) is 60.6 cm³/mol. The van der Waals surface area contributed by atoms with E-state index in [1.54, 1.807) is 10.9 Å². The number of aryl methyl sites for hydroxylation is 2. The minimum absolute atomic E-state index is 0.708. The zero-order valence-corrected chi connectivity index (χ0v) is 9.71. The summed E-state index contributed by atoms with van der Waals surface area (Å²) in [6.45, 7) is 5.84. The number of rotatable bonds is 1. The van der Waals surface area contributed by atoms with Gasteiger partial charge in [0.15, 0.2) is 5.82 Å². The van der Waals surface area contributed by atoms with E-state index < -0.39 is 0 Å². The quantitative estimate of drug-likeness (QED) is 0.742. The molecule has 3 nitrogen and oxygen atoms in total. The van der Waals surface area contributed by atoms with Crippen molar-refractivity contribution in [3.63, 3.8) is 0 Å². The molecule has 0 radical (unpaired) electrons. The third-order valence-electron chi connectivity index (χ3n) is 2.39. The van der Waals surface area contributed by atoms with Gasteiger partial charge in [-0.15, -0.1) is 0 Å². The normalized spacial score (nSPS) is 10.7. The summed E-state index contributed by atoms with van der Waals surface area (Å²) in [4.78, 5) is 4.31. The monoisotopic (exact) mass is 221 g/mol. The third kappa shape index (κ3) is 1.63. The van der Waals surface area contributed by atoms with Crippen molar-refractivity contribution in [1.82, 2.24) is 14.8 Å². The molecule has 0 aromatic carbocycles. The second-order valence-corrected chi connectivity index (χ2v) is 3.92. The summed E-state index contributed by atoms with van der Waals surface area (Å²) >= 11 is 6.09. The molecule has 0 aliphatic heterocycles. The van der Waals surface area contributed by atoms with E-state index in [-0.39, 0.29) is 0 Å². The van der Waals surface area contributed by atoms with E-state index >= 15 is 0 Å². The highest BCUT2D eigenvalue weighted by Gasteiger charge is 2.12. The summed E-state index contributed by atoms with van der Waals surface area (Å²) in [5.74, 6) is 0.838. The molecule has 0 saturated heterocycles. The van der Waals surface area contributed by atoms with Crippen molar-refractivity contribution in [1.29, 1.82) is 0 Å². The topological polar surface area (TPSA) is 30.7 Å². The van der Waals surface area contributed by atoms with Gasteiger partial charge in [0, 0.05) is 6.20 Å². The molecule has 15 heavy (non-hydrogen) atoms. The maximum atomic E-state index is 6.09. The number of halogens is 1. The van der Waals surface area contributed by atoms with E-state index in [2.05, 4.69) is 10.1 Å². The Balaban J connectivity index is 2.65. The highest BCUT2D eigenvalue weighted by Crippen LogP contribution is 2.22. The van der Waals surface area contributed by atoms with E-state index in [1.165, 1.54) is 0 Å². The molecule has 0 N–H and O–H groups in total. The smallest absolute Gasteiger partial charge is 0.156 e. The molecule has 0 amide bonds. The van der Waals surface area contributed by atoms with Crippen LogP contribution in [0, 0.1) is 20.8 Å². The Bertz CT molecular complexity index is 503. The van der Waals surface area contributed by atoms with Crippen LogP contribution in [0.3, 0.4) is 0 Å². The van der Waals surface area contributed by atoms with Gasteiger partial charge in [0.2, 0.25) is 0 Å². The van der Waals surface area contributed by atoms with Crippen LogP contribution >= 0.6 is 11.6 Å². The van der Waals surface area contributed by atoms with Crippen LogP contribution < -0.4 is 0 Å². The predicted octanol–water partition coefficient (Wildman–Crippen LogP) is 2.85. The lowest BCUT2D eigenvalue weighted by atomic mass is 10.3. The maximum Gasteiger partial charge on any atom is 0.156 e. The van der Waals surface area contributed by atoms with Crippen LogP contribution in [-0.4, -0.2) is 14.8 Å². The molecule has 0 aliphatic carbocycles. The number of pyridine rings is 1. The first kappa shape index (κ1) is 10.2. The highest BCUT2D eigenvalue weighted by atomic mass is 35.5. The fourth-order valence-corrected chi connectivity index (χ4v) is 1.65. The molecule has 2 aromatic heterocycles. The third-order valence-corrected chi connectivity index (χ3v) is 2.93. The minimum Gasteiger partial charge on any atom is -0.237 e. The van der Waals surface area contributed by atoms with Crippen molar-refractivity contribution in [2.75, 3.05) is 0 Å². The van der Waals surface area contributed by atoms with Crippen LogP contribution in [0.1, 0.15) is 17.0 Å². The van der Waals surface area contributed by atoms with E-state index in [9.17, 15) is 0 Å². The van der Waals surface area contributed by atoms with E-state index in [4.69, 9.17) is 11.6 Å². The SMILES string of the molecule is Cc1cccnc1-n1nc(C)c(Cl)c1C. The van der Waals surface area contributed by atoms with Gasteiger partial charge in [-0.1, -0.05) is 17.7 Å². The lowest BCUT2D eigenvalue weighted by Gasteiger charge is -2.05. The summed E-state index contributed by atoms with van der Waals surface area (Å²) < 4.78 is 1.78. The van der Waals surface area contributed by atoms with Crippen LogP contribution in [0.5, 0.6) is 0 Å². The van der Waals surface area contributed by atoms with Crippen LogP contribution in [0.4, 0.5) is 0 Å². The molecule has 0 fully saturated rings. The summed E-state index contributed by atoms with van der Waals surface area (Å²) in [7, 11) is 0. The first-order valence-electron chi connectivity index (χ1n) is 4.75. The van der Waals surface area contributed by atoms with E-state index in [1.807, 2.05) is 32.9 Å². The van der Waals surface area contributed by atoms with Gasteiger partial charge in [-0.25, -0.2) is 9.67 Å². The molecule has 0 aliphatic rings. The van der Waals surface area contributed by atoms with Crippen molar-refractivity contribution in [3.05, 3.63) is 40.3 Å². The van der Waals surface area contributed by atoms with Crippen LogP contribution in [-0.2, 0) is 0 Å². The van der Waals surface area contributed by atoms with Gasteiger partial charge in [0.1, 0.15) is 0 Å². The Morgan fingerprint density at radius 2 is 2.00 bits per heavy atom. The summed E-state index contributed by atoms with van der Waals surface area (Å²) in [5, 5.41) is 5.07. The molecule has 4 heteroatoms. The average molecular weight is 222 g/mol. The molecule has 0 atom stereocenters. The minimum atomic E-state index is 0.708. The van der Waals surface area contributed by atoms with Crippen molar-refractivity contribution in [3.8, 4) is 5.82 Å². The standard InChI is InChI=1S/C11H12ClN3/c1-7-5-4-6-13-11(7)15-9(3)10(12)8(2)14-15/h4-6H,1-3H3. The van der Waals surface area contributed by atoms with Crippen LogP contribution in [0.25, 0.3) is 5.82 Å². The number of hydrogen-bond acceptors (Lipinski definition) is 2. The first-order chi connectivity index (χ1) is 7.11. The highest BCUT2D eigenvalue weighted by molar-refractivity contribution is 6.31. The van der Waals surface area contributed by atoms with Gasteiger partial charge >= 0.3 is 0 Å². The molecule has 2 rings (SSSR count). The van der Waals surface area contributed by atoms with Gasteiger partial charge in [-0.3, -0.25) is 0 Å². The van der Waals surface area contributed by atoms with Gasteiger partial charge in [-0.05, 0) is 32.4 Å². The molecular weight excluding hydrogens is 210 g/mol. The Kier molecular flexibility index (Phi) is 2.49. The summed E-state index contributed by atoms with van der Waals surface area (Å²) in [6.07, 6.45) is 1.76. The molecular formula is C11H12ClN3. The zero-order valence-electron chi connectivity index (χ0n) is 8.95. The molecule has 0 saturated carbocycles. The summed E-state index contributed by atoms with van der Waals surface area (Å²) in [6, 6.07) is 3.92. The second-order valence-electron chi connectivity index (χ2n) is 3.54. The summed E-state index contributed by atoms with van der Waals surface area (Å²) in [5.41, 5.74) is 2.84. The molecule has 0 unspecified atom stereocenters. The van der Waals surface area contributed by atoms with Crippen molar-refractivity contribution in [2.24, 2.45) is 0 Å². The molecule has 2 aromatic rings. The fraction of sp³-hybridized carbons (Fsp3) is 0.273.